The number of carbonyl (C=O) groups is 2. The zero-order valence-corrected chi connectivity index (χ0v) is 13.1. The summed E-state index contributed by atoms with van der Waals surface area (Å²) in [6.45, 7) is 5.20. The molecule has 118 valence electrons. The lowest BCUT2D eigenvalue weighted by molar-refractivity contribution is -0.139. The van der Waals surface area contributed by atoms with Crippen molar-refractivity contribution in [1.82, 2.24) is 19.6 Å². The van der Waals surface area contributed by atoms with E-state index in [1.807, 2.05) is 4.90 Å². The number of rotatable bonds is 2. The molecule has 3 rings (SSSR count). The second-order valence-electron chi connectivity index (χ2n) is 6.68. The van der Waals surface area contributed by atoms with Crippen molar-refractivity contribution in [3.63, 3.8) is 0 Å². The van der Waals surface area contributed by atoms with Gasteiger partial charge in [-0.25, -0.2) is 0 Å². The first-order valence-corrected chi connectivity index (χ1v) is 8.03. The molecular weight excluding hydrogens is 268 g/mol. The smallest absolute Gasteiger partial charge is 0.245 e. The Balaban J connectivity index is 1.69. The maximum absolute atomic E-state index is 12.7. The zero-order chi connectivity index (χ0) is 15.0. The van der Waals surface area contributed by atoms with Gasteiger partial charge in [-0.2, -0.15) is 0 Å². The molecule has 0 aliphatic carbocycles. The average Bonchev–Trinajstić information content (AvgIpc) is 2.91. The molecule has 3 aliphatic heterocycles. The molecule has 0 radical (unpaired) electrons. The Morgan fingerprint density at radius 3 is 2.71 bits per heavy atom. The number of hydrogen-bond donors (Lipinski definition) is 0. The van der Waals surface area contributed by atoms with Crippen molar-refractivity contribution in [2.75, 3.05) is 53.4 Å². The number of carbonyl (C=O) groups excluding carboxylic acids is 2. The van der Waals surface area contributed by atoms with Crippen molar-refractivity contribution in [2.24, 2.45) is 0 Å². The van der Waals surface area contributed by atoms with Crippen LogP contribution in [0, 0.1) is 0 Å². The Morgan fingerprint density at radius 1 is 1.10 bits per heavy atom. The van der Waals surface area contributed by atoms with Crippen LogP contribution in [0.4, 0.5) is 0 Å². The van der Waals surface area contributed by atoms with Crippen LogP contribution in [-0.2, 0) is 9.59 Å². The standard InChI is InChI=1S/C15H26N4O2/c1-16-8-9-17(2)12(10-16)11-18-7-5-14(20)19-6-3-4-13(19)15(18)21/h12-13H,3-11H2,1-2H3. The van der Waals surface area contributed by atoms with Crippen LogP contribution in [0.25, 0.3) is 0 Å². The van der Waals surface area contributed by atoms with Gasteiger partial charge in [-0.15, -0.1) is 0 Å². The molecule has 0 bridgehead atoms. The van der Waals surface area contributed by atoms with Crippen LogP contribution in [0.3, 0.4) is 0 Å². The minimum atomic E-state index is -0.188. The second kappa shape index (κ2) is 5.93. The van der Waals surface area contributed by atoms with Gasteiger partial charge in [-0.3, -0.25) is 14.5 Å². The lowest BCUT2D eigenvalue weighted by Crippen LogP contribution is -2.56. The average molecular weight is 294 g/mol. The normalized spacial score (nSPS) is 32.5. The first-order chi connectivity index (χ1) is 10.1. The molecule has 3 aliphatic rings. The number of likely N-dealkylation sites (N-methyl/N-ethyl adjacent to an activating group) is 2. The van der Waals surface area contributed by atoms with Gasteiger partial charge in [-0.05, 0) is 26.9 Å². The molecule has 2 unspecified atom stereocenters. The molecule has 6 nitrogen and oxygen atoms in total. The van der Waals surface area contributed by atoms with E-state index in [-0.39, 0.29) is 17.9 Å². The Labute approximate surface area is 126 Å². The quantitative estimate of drug-likeness (QED) is 0.686. The van der Waals surface area contributed by atoms with Gasteiger partial charge in [0.2, 0.25) is 11.8 Å². The summed E-state index contributed by atoms with van der Waals surface area (Å²) < 4.78 is 0. The Kier molecular flexibility index (Phi) is 4.17. The summed E-state index contributed by atoms with van der Waals surface area (Å²) in [5.41, 5.74) is 0. The van der Waals surface area contributed by atoms with E-state index >= 15 is 0 Å². The molecule has 2 atom stereocenters. The van der Waals surface area contributed by atoms with Crippen molar-refractivity contribution in [2.45, 2.75) is 31.3 Å². The van der Waals surface area contributed by atoms with Crippen LogP contribution in [0.2, 0.25) is 0 Å². The fraction of sp³-hybridized carbons (Fsp3) is 0.867. The summed E-state index contributed by atoms with van der Waals surface area (Å²) in [6.07, 6.45) is 2.28. The van der Waals surface area contributed by atoms with Gasteiger partial charge in [0.15, 0.2) is 0 Å². The van der Waals surface area contributed by atoms with Crippen molar-refractivity contribution in [3.8, 4) is 0 Å². The maximum Gasteiger partial charge on any atom is 0.245 e. The SMILES string of the molecule is CN1CCN(C)C(CN2CCC(=O)N3CCCC3C2=O)C1. The summed E-state index contributed by atoms with van der Waals surface area (Å²) >= 11 is 0. The summed E-state index contributed by atoms with van der Waals surface area (Å²) in [7, 11) is 4.26. The third-order valence-electron chi connectivity index (χ3n) is 5.18. The van der Waals surface area contributed by atoms with E-state index in [0.29, 0.717) is 19.0 Å². The fourth-order valence-electron chi connectivity index (χ4n) is 3.75. The van der Waals surface area contributed by atoms with Gasteiger partial charge in [0, 0.05) is 51.7 Å². The molecule has 0 aromatic rings. The second-order valence-corrected chi connectivity index (χ2v) is 6.68. The van der Waals surface area contributed by atoms with E-state index < -0.39 is 0 Å². The lowest BCUT2D eigenvalue weighted by Gasteiger charge is -2.40. The van der Waals surface area contributed by atoms with Crippen LogP contribution in [0.1, 0.15) is 19.3 Å². The minimum Gasteiger partial charge on any atom is -0.339 e. The number of nitrogens with zero attached hydrogens (tertiary/aromatic N) is 4. The highest BCUT2D eigenvalue weighted by atomic mass is 16.2. The van der Waals surface area contributed by atoms with Gasteiger partial charge < -0.3 is 14.7 Å². The molecule has 0 saturated carbocycles. The molecule has 0 aromatic carbocycles. The van der Waals surface area contributed by atoms with Crippen molar-refractivity contribution in [3.05, 3.63) is 0 Å². The lowest BCUT2D eigenvalue weighted by atomic mass is 10.1. The van der Waals surface area contributed by atoms with Crippen LogP contribution < -0.4 is 0 Å². The van der Waals surface area contributed by atoms with Crippen LogP contribution in [-0.4, -0.2) is 96.9 Å². The molecule has 0 aromatic heterocycles. The van der Waals surface area contributed by atoms with Crippen molar-refractivity contribution >= 4 is 11.8 Å². The first-order valence-electron chi connectivity index (χ1n) is 8.03. The van der Waals surface area contributed by atoms with E-state index in [4.69, 9.17) is 0 Å². The summed E-state index contributed by atoms with van der Waals surface area (Å²) in [6, 6.07) is 0.183. The zero-order valence-electron chi connectivity index (χ0n) is 13.1. The van der Waals surface area contributed by atoms with Crippen LogP contribution in [0.15, 0.2) is 0 Å². The molecule has 21 heavy (non-hydrogen) atoms. The topological polar surface area (TPSA) is 47.1 Å². The molecule has 6 heteroatoms. The molecule has 3 heterocycles. The third-order valence-corrected chi connectivity index (χ3v) is 5.18. The first kappa shape index (κ1) is 14.8. The van der Waals surface area contributed by atoms with E-state index in [9.17, 15) is 9.59 Å². The number of piperazine rings is 1. The van der Waals surface area contributed by atoms with Crippen molar-refractivity contribution < 1.29 is 9.59 Å². The molecule has 0 spiro atoms. The van der Waals surface area contributed by atoms with E-state index in [2.05, 4.69) is 23.9 Å². The predicted octanol–water partition coefficient (Wildman–Crippen LogP) is -0.544. The highest BCUT2D eigenvalue weighted by Crippen LogP contribution is 2.24. The number of amides is 2. The van der Waals surface area contributed by atoms with E-state index in [1.54, 1.807) is 4.90 Å². The van der Waals surface area contributed by atoms with Gasteiger partial charge in [0.25, 0.3) is 0 Å². The fourth-order valence-corrected chi connectivity index (χ4v) is 3.75. The Hall–Kier alpha value is -1.14. The predicted molar refractivity (Wildman–Crippen MR) is 79.8 cm³/mol. The molecule has 2 amide bonds. The molecule has 3 saturated heterocycles. The van der Waals surface area contributed by atoms with E-state index in [0.717, 1.165) is 45.6 Å². The largest absolute Gasteiger partial charge is 0.339 e. The number of fused-ring (bicyclic) bond motifs is 1. The summed E-state index contributed by atoms with van der Waals surface area (Å²) in [4.78, 5) is 33.3. The highest BCUT2D eigenvalue weighted by molar-refractivity contribution is 5.90. The third kappa shape index (κ3) is 2.92. The maximum atomic E-state index is 12.7. The summed E-state index contributed by atoms with van der Waals surface area (Å²) in [5.74, 6) is 0.322. The minimum absolute atomic E-state index is 0.155. The Bertz CT molecular complexity index is 428. The van der Waals surface area contributed by atoms with Crippen LogP contribution >= 0.6 is 0 Å². The molecule has 3 fully saturated rings. The molecular formula is C15H26N4O2. The highest BCUT2D eigenvalue weighted by Gasteiger charge is 2.40. The van der Waals surface area contributed by atoms with Gasteiger partial charge in [0.1, 0.15) is 6.04 Å². The van der Waals surface area contributed by atoms with Crippen molar-refractivity contribution in [1.29, 1.82) is 0 Å². The van der Waals surface area contributed by atoms with Gasteiger partial charge in [-0.1, -0.05) is 0 Å². The molecule has 0 N–H and O–H groups in total. The monoisotopic (exact) mass is 294 g/mol. The van der Waals surface area contributed by atoms with Gasteiger partial charge in [0.05, 0.1) is 0 Å². The Morgan fingerprint density at radius 2 is 1.90 bits per heavy atom. The number of hydrogen-bond acceptors (Lipinski definition) is 4. The summed E-state index contributed by atoms with van der Waals surface area (Å²) in [5, 5.41) is 0. The van der Waals surface area contributed by atoms with E-state index in [1.165, 1.54) is 0 Å². The van der Waals surface area contributed by atoms with Crippen LogP contribution in [0.5, 0.6) is 0 Å². The van der Waals surface area contributed by atoms with Gasteiger partial charge >= 0.3 is 0 Å².